The number of aliphatic hydroxyl groups is 4. The fraction of sp³-hybridized carbons (Fsp3) is 0.875. The number of nitrogens with one attached hydrogen (secondary N) is 1. The molecule has 7 nitrogen and oxygen atoms in total. The average Bonchev–Trinajstić information content (AvgIpc) is 2.19. The van der Waals surface area contributed by atoms with Crippen molar-refractivity contribution in [1.82, 2.24) is 5.32 Å². The molecule has 0 aromatic rings. The minimum Gasteiger partial charge on any atom is -0.391 e. The normalized spacial score (nSPS) is 41.3. The second kappa shape index (κ2) is 4.42. The lowest BCUT2D eigenvalue weighted by atomic mass is 9.94. The lowest BCUT2D eigenvalue weighted by Crippen LogP contribution is -2.67. The summed E-state index contributed by atoms with van der Waals surface area (Å²) in [5.74, 6) is -2.60. The first kappa shape index (κ1) is 12.3. The van der Waals surface area contributed by atoms with E-state index in [9.17, 15) is 20.1 Å². The number of aliphatic hydroxyl groups excluding tert-OH is 3. The van der Waals surface area contributed by atoms with E-state index in [-0.39, 0.29) is 6.61 Å². The van der Waals surface area contributed by atoms with E-state index < -0.39 is 36.6 Å². The molecule has 1 rings (SSSR count). The van der Waals surface area contributed by atoms with Crippen molar-refractivity contribution in [3.8, 4) is 0 Å². The van der Waals surface area contributed by atoms with Gasteiger partial charge in [0.25, 0.3) is 0 Å². The van der Waals surface area contributed by atoms with Gasteiger partial charge in [0.2, 0.25) is 11.7 Å². The second-order valence-corrected chi connectivity index (χ2v) is 3.55. The van der Waals surface area contributed by atoms with Crippen molar-refractivity contribution < 1.29 is 30.0 Å². The molecule has 15 heavy (non-hydrogen) atoms. The van der Waals surface area contributed by atoms with Crippen LogP contribution in [-0.2, 0) is 9.53 Å². The summed E-state index contributed by atoms with van der Waals surface area (Å²) in [7, 11) is 0. The molecule has 7 heteroatoms. The number of rotatable bonds is 2. The van der Waals surface area contributed by atoms with Gasteiger partial charge >= 0.3 is 0 Å². The van der Waals surface area contributed by atoms with E-state index in [1.54, 1.807) is 0 Å². The van der Waals surface area contributed by atoms with Crippen molar-refractivity contribution in [3.05, 3.63) is 0 Å². The number of amides is 1. The van der Waals surface area contributed by atoms with Crippen LogP contribution in [0, 0.1) is 0 Å². The van der Waals surface area contributed by atoms with Gasteiger partial charge in [-0.1, -0.05) is 0 Å². The van der Waals surface area contributed by atoms with Gasteiger partial charge in [0.1, 0.15) is 12.2 Å². The summed E-state index contributed by atoms with van der Waals surface area (Å²) in [6.07, 6.45) is -2.72. The fourth-order valence-corrected chi connectivity index (χ4v) is 1.46. The Kier molecular flexibility index (Phi) is 3.63. The molecule has 0 unspecified atom stereocenters. The molecule has 0 spiro atoms. The Hall–Kier alpha value is -0.730. The van der Waals surface area contributed by atoms with E-state index in [1.807, 2.05) is 0 Å². The maximum absolute atomic E-state index is 10.8. The van der Waals surface area contributed by atoms with Gasteiger partial charge in [0.15, 0.2) is 0 Å². The molecule has 1 amide bonds. The molecule has 1 aliphatic rings. The van der Waals surface area contributed by atoms with Crippen molar-refractivity contribution in [2.45, 2.75) is 31.0 Å². The third-order valence-corrected chi connectivity index (χ3v) is 2.32. The lowest BCUT2D eigenvalue weighted by Gasteiger charge is -2.42. The monoisotopic (exact) mass is 221 g/mol. The van der Waals surface area contributed by atoms with Crippen molar-refractivity contribution in [2.75, 3.05) is 13.2 Å². The van der Waals surface area contributed by atoms with Crippen LogP contribution in [0.3, 0.4) is 0 Å². The van der Waals surface area contributed by atoms with E-state index in [0.29, 0.717) is 0 Å². The van der Waals surface area contributed by atoms with Crippen molar-refractivity contribution in [1.29, 1.82) is 0 Å². The predicted octanol–water partition coefficient (Wildman–Crippen LogP) is -3.08. The average molecular weight is 221 g/mol. The molecular weight excluding hydrogens is 206 g/mol. The molecule has 1 saturated heterocycles. The summed E-state index contributed by atoms with van der Waals surface area (Å²) in [6, 6.07) is -1.06. The van der Waals surface area contributed by atoms with Gasteiger partial charge in [0.05, 0.1) is 19.3 Å². The standard InChI is InChI=1S/C8H15NO6/c1-4(11)9-6-5(12)2-15-8(14,3-10)7(6)13/h5-7,10,12-14H,2-3H2,1H3,(H,9,11)/t5-,6-,7-,8-/m0/s1. The Morgan fingerprint density at radius 3 is 2.67 bits per heavy atom. The van der Waals surface area contributed by atoms with Gasteiger partial charge in [-0.2, -0.15) is 0 Å². The minimum atomic E-state index is -2.15. The summed E-state index contributed by atoms with van der Waals surface area (Å²) in [5, 5.41) is 39.7. The number of hydrogen-bond donors (Lipinski definition) is 5. The Bertz CT molecular complexity index is 247. The number of carbonyl (C=O) groups is 1. The molecule has 0 aliphatic carbocycles. The van der Waals surface area contributed by atoms with Gasteiger partial charge in [0, 0.05) is 6.92 Å². The Morgan fingerprint density at radius 1 is 1.60 bits per heavy atom. The van der Waals surface area contributed by atoms with Gasteiger partial charge < -0.3 is 30.5 Å². The first-order valence-corrected chi connectivity index (χ1v) is 4.51. The zero-order valence-corrected chi connectivity index (χ0v) is 8.25. The van der Waals surface area contributed by atoms with Crippen LogP contribution in [0.2, 0.25) is 0 Å². The Labute approximate surface area is 86.3 Å². The van der Waals surface area contributed by atoms with E-state index in [2.05, 4.69) is 5.32 Å². The highest BCUT2D eigenvalue weighted by Gasteiger charge is 2.48. The molecule has 0 aromatic carbocycles. The molecule has 1 aliphatic heterocycles. The van der Waals surface area contributed by atoms with Crippen molar-refractivity contribution in [3.63, 3.8) is 0 Å². The molecular formula is C8H15NO6. The minimum absolute atomic E-state index is 0.279. The first-order chi connectivity index (χ1) is 6.90. The van der Waals surface area contributed by atoms with Gasteiger partial charge in [-0.3, -0.25) is 4.79 Å². The molecule has 0 aromatic heterocycles. The number of carbonyl (C=O) groups excluding carboxylic acids is 1. The van der Waals surface area contributed by atoms with Crippen LogP contribution < -0.4 is 5.32 Å². The second-order valence-electron chi connectivity index (χ2n) is 3.55. The molecule has 0 radical (unpaired) electrons. The van der Waals surface area contributed by atoms with Crippen LogP contribution in [-0.4, -0.2) is 63.6 Å². The molecule has 1 heterocycles. The maximum Gasteiger partial charge on any atom is 0.218 e. The highest BCUT2D eigenvalue weighted by Crippen LogP contribution is 2.23. The van der Waals surface area contributed by atoms with Crippen molar-refractivity contribution in [2.24, 2.45) is 0 Å². The van der Waals surface area contributed by atoms with Gasteiger partial charge in [-0.15, -0.1) is 0 Å². The molecule has 1 fully saturated rings. The highest BCUT2D eigenvalue weighted by atomic mass is 16.7. The third-order valence-electron chi connectivity index (χ3n) is 2.32. The fourth-order valence-electron chi connectivity index (χ4n) is 1.46. The van der Waals surface area contributed by atoms with Gasteiger partial charge in [-0.05, 0) is 0 Å². The summed E-state index contributed by atoms with van der Waals surface area (Å²) in [5.41, 5.74) is 0. The summed E-state index contributed by atoms with van der Waals surface area (Å²) < 4.78 is 4.71. The Balaban J connectivity index is 2.78. The maximum atomic E-state index is 10.8. The smallest absolute Gasteiger partial charge is 0.218 e. The third kappa shape index (κ3) is 2.44. The van der Waals surface area contributed by atoms with Crippen LogP contribution in [0.15, 0.2) is 0 Å². The highest BCUT2D eigenvalue weighted by molar-refractivity contribution is 5.73. The molecule has 0 bridgehead atoms. The van der Waals surface area contributed by atoms with E-state index in [1.165, 1.54) is 6.92 Å². The van der Waals surface area contributed by atoms with Crippen LogP contribution in [0.1, 0.15) is 6.92 Å². The topological polar surface area (TPSA) is 119 Å². The number of ether oxygens (including phenoxy) is 1. The molecule has 4 atom stereocenters. The molecule has 5 N–H and O–H groups in total. The lowest BCUT2D eigenvalue weighted by molar-refractivity contribution is -0.313. The SMILES string of the molecule is CC(=O)N[C@H]1[C@@H](O)CO[C@@](O)(CO)[C@H]1O. The first-order valence-electron chi connectivity index (χ1n) is 4.51. The zero-order chi connectivity index (χ0) is 11.6. The van der Waals surface area contributed by atoms with Crippen LogP contribution in [0.25, 0.3) is 0 Å². The molecule has 0 saturated carbocycles. The van der Waals surface area contributed by atoms with Crippen LogP contribution in [0.4, 0.5) is 0 Å². The van der Waals surface area contributed by atoms with E-state index >= 15 is 0 Å². The predicted molar refractivity (Wildman–Crippen MR) is 47.6 cm³/mol. The summed E-state index contributed by atoms with van der Waals surface area (Å²) >= 11 is 0. The van der Waals surface area contributed by atoms with E-state index in [0.717, 1.165) is 0 Å². The van der Waals surface area contributed by atoms with Crippen molar-refractivity contribution >= 4 is 5.91 Å². The summed E-state index contributed by atoms with van der Waals surface area (Å²) in [6.45, 7) is 0.114. The van der Waals surface area contributed by atoms with Gasteiger partial charge in [-0.25, -0.2) is 0 Å². The van der Waals surface area contributed by atoms with E-state index in [4.69, 9.17) is 9.84 Å². The quantitative estimate of drug-likeness (QED) is 0.337. The number of hydrogen-bond acceptors (Lipinski definition) is 6. The molecule has 88 valence electrons. The summed E-state index contributed by atoms with van der Waals surface area (Å²) in [4.78, 5) is 10.8. The largest absolute Gasteiger partial charge is 0.391 e. The van der Waals surface area contributed by atoms with Crippen LogP contribution >= 0.6 is 0 Å². The van der Waals surface area contributed by atoms with Crippen LogP contribution in [0.5, 0.6) is 0 Å². The zero-order valence-electron chi connectivity index (χ0n) is 8.25. The Morgan fingerprint density at radius 2 is 2.20 bits per heavy atom.